The van der Waals surface area contributed by atoms with Gasteiger partial charge in [-0.15, -0.1) is 35.7 Å². The average Bonchev–Trinajstić information content (AvgIpc) is 3.24. The number of guanidine groups is 1. The molecule has 2 atom stereocenters. The van der Waals surface area contributed by atoms with E-state index in [-0.39, 0.29) is 29.9 Å². The third-order valence-corrected chi connectivity index (χ3v) is 8.06. The minimum absolute atomic E-state index is 0. The number of thioether (sulfide) groups is 1. The molecule has 1 aromatic carbocycles. The average molecular weight is 524 g/mol. The van der Waals surface area contributed by atoms with Crippen molar-refractivity contribution in [3.05, 3.63) is 30.3 Å². The smallest absolute Gasteiger partial charge is 0.193 e. The van der Waals surface area contributed by atoms with Crippen molar-refractivity contribution in [1.29, 1.82) is 0 Å². The lowest BCUT2D eigenvalue weighted by Gasteiger charge is -2.22. The van der Waals surface area contributed by atoms with E-state index in [1.807, 2.05) is 11.8 Å². The Hall–Kier alpha value is -0.480. The first-order chi connectivity index (χ1) is 12.6. The molecule has 5 nitrogen and oxygen atoms in total. The summed E-state index contributed by atoms with van der Waals surface area (Å²) in [6.45, 7) is 5.57. The summed E-state index contributed by atoms with van der Waals surface area (Å²) < 4.78 is 23.2. The highest BCUT2D eigenvalue weighted by atomic mass is 127. The molecule has 0 aromatic heterocycles. The molecule has 152 valence electrons. The third-order valence-electron chi connectivity index (χ3n) is 4.98. The molecule has 2 saturated heterocycles. The fraction of sp³-hybridized carbons (Fsp3) is 0.632. The zero-order valence-corrected chi connectivity index (χ0v) is 19.8. The molecular formula is C19H30IN3O2S2. The fourth-order valence-corrected chi connectivity index (χ4v) is 6.45. The van der Waals surface area contributed by atoms with Crippen LogP contribution < -0.4 is 5.32 Å². The minimum Gasteiger partial charge on any atom is -0.357 e. The number of halogens is 1. The van der Waals surface area contributed by atoms with Gasteiger partial charge < -0.3 is 10.2 Å². The molecule has 0 amide bonds. The number of benzene rings is 1. The third kappa shape index (κ3) is 7.12. The van der Waals surface area contributed by atoms with Gasteiger partial charge in [0.05, 0.1) is 11.5 Å². The Morgan fingerprint density at radius 2 is 2.04 bits per heavy atom. The van der Waals surface area contributed by atoms with Crippen molar-refractivity contribution in [1.82, 2.24) is 10.2 Å². The molecule has 2 aliphatic heterocycles. The predicted molar refractivity (Wildman–Crippen MR) is 125 cm³/mol. The molecule has 2 fully saturated rings. The summed E-state index contributed by atoms with van der Waals surface area (Å²) >= 11 is 1.92. The van der Waals surface area contributed by atoms with Crippen LogP contribution in [0.25, 0.3) is 0 Å². The molecule has 0 radical (unpaired) electrons. The van der Waals surface area contributed by atoms with E-state index in [1.165, 1.54) is 11.3 Å². The Bertz CT molecular complexity index is 713. The van der Waals surface area contributed by atoms with Crippen LogP contribution in [0.5, 0.6) is 0 Å². The summed E-state index contributed by atoms with van der Waals surface area (Å²) in [7, 11) is -2.82. The molecule has 0 bridgehead atoms. The Labute approximate surface area is 184 Å². The summed E-state index contributed by atoms with van der Waals surface area (Å²) in [6.07, 6.45) is 1.93. The van der Waals surface area contributed by atoms with E-state index >= 15 is 0 Å². The van der Waals surface area contributed by atoms with Gasteiger partial charge in [0, 0.05) is 36.8 Å². The lowest BCUT2D eigenvalue weighted by molar-refractivity contribution is 0.470. The van der Waals surface area contributed by atoms with E-state index in [9.17, 15) is 8.42 Å². The summed E-state index contributed by atoms with van der Waals surface area (Å²) in [6, 6.07) is 10.6. The second-order valence-corrected chi connectivity index (χ2v) is 10.5. The van der Waals surface area contributed by atoms with Gasteiger partial charge >= 0.3 is 0 Å². The van der Waals surface area contributed by atoms with Crippen LogP contribution in [0.3, 0.4) is 0 Å². The van der Waals surface area contributed by atoms with Crippen molar-refractivity contribution in [2.24, 2.45) is 16.8 Å². The van der Waals surface area contributed by atoms with Gasteiger partial charge in [0.2, 0.25) is 0 Å². The van der Waals surface area contributed by atoms with Gasteiger partial charge in [0.25, 0.3) is 0 Å². The highest BCUT2D eigenvalue weighted by Crippen LogP contribution is 2.26. The number of hydrogen-bond donors (Lipinski definition) is 1. The van der Waals surface area contributed by atoms with Gasteiger partial charge in [0.15, 0.2) is 15.8 Å². The second-order valence-electron chi connectivity index (χ2n) is 7.19. The number of rotatable bonds is 6. The van der Waals surface area contributed by atoms with Gasteiger partial charge in [-0.2, -0.15) is 0 Å². The van der Waals surface area contributed by atoms with Gasteiger partial charge in [-0.3, -0.25) is 4.99 Å². The maximum Gasteiger partial charge on any atom is 0.193 e. The monoisotopic (exact) mass is 523 g/mol. The van der Waals surface area contributed by atoms with Gasteiger partial charge in [0.1, 0.15) is 0 Å². The number of aliphatic imine (C=N–C) groups is 1. The predicted octanol–water partition coefficient (Wildman–Crippen LogP) is 3.12. The Morgan fingerprint density at radius 3 is 2.70 bits per heavy atom. The summed E-state index contributed by atoms with van der Waals surface area (Å²) in [5.41, 5.74) is 0. The Balaban J connectivity index is 0.00000261. The number of hydrogen-bond acceptors (Lipinski definition) is 4. The van der Waals surface area contributed by atoms with Crippen molar-refractivity contribution in [3.8, 4) is 0 Å². The van der Waals surface area contributed by atoms with E-state index in [0.29, 0.717) is 24.0 Å². The van der Waals surface area contributed by atoms with Gasteiger partial charge in [-0.1, -0.05) is 18.2 Å². The molecule has 0 saturated carbocycles. The van der Waals surface area contributed by atoms with Crippen molar-refractivity contribution >= 4 is 51.5 Å². The summed E-state index contributed by atoms with van der Waals surface area (Å²) in [5, 5.41) is 3.38. The largest absolute Gasteiger partial charge is 0.357 e. The number of nitrogens with zero attached hydrogens (tertiary/aromatic N) is 2. The molecule has 3 rings (SSSR count). The van der Waals surface area contributed by atoms with E-state index in [4.69, 9.17) is 4.99 Å². The quantitative estimate of drug-likeness (QED) is 0.269. The van der Waals surface area contributed by atoms with Crippen molar-refractivity contribution in [3.63, 3.8) is 0 Å². The molecule has 8 heteroatoms. The Morgan fingerprint density at radius 1 is 1.26 bits per heavy atom. The first kappa shape index (κ1) is 22.8. The molecule has 0 spiro atoms. The number of sulfone groups is 1. The topological polar surface area (TPSA) is 61.8 Å². The molecule has 0 aliphatic carbocycles. The molecule has 27 heavy (non-hydrogen) atoms. The van der Waals surface area contributed by atoms with E-state index in [2.05, 4.69) is 47.5 Å². The first-order valence-corrected chi connectivity index (χ1v) is 12.3. The maximum atomic E-state index is 11.6. The molecule has 1 aromatic rings. The second kappa shape index (κ2) is 10.9. The van der Waals surface area contributed by atoms with Crippen molar-refractivity contribution < 1.29 is 8.42 Å². The normalized spacial score (nSPS) is 24.6. The van der Waals surface area contributed by atoms with Crippen LogP contribution in [0, 0.1) is 11.8 Å². The van der Waals surface area contributed by atoms with Crippen LogP contribution in [0.2, 0.25) is 0 Å². The van der Waals surface area contributed by atoms with Crippen LogP contribution in [0.15, 0.2) is 40.2 Å². The summed E-state index contributed by atoms with van der Waals surface area (Å²) in [5.74, 6) is 3.54. The highest BCUT2D eigenvalue weighted by molar-refractivity contribution is 14.0. The van der Waals surface area contributed by atoms with Crippen molar-refractivity contribution in [2.45, 2.75) is 24.7 Å². The zero-order valence-electron chi connectivity index (χ0n) is 15.8. The molecule has 2 aliphatic rings. The fourth-order valence-electron chi connectivity index (χ4n) is 3.55. The molecular weight excluding hydrogens is 493 g/mol. The number of nitrogens with one attached hydrogen (secondary N) is 1. The van der Waals surface area contributed by atoms with Crippen molar-refractivity contribution in [2.75, 3.05) is 43.4 Å². The summed E-state index contributed by atoms with van der Waals surface area (Å²) in [4.78, 5) is 8.42. The SMILES string of the molecule is CCNC(=NCC1CCS(=O)(=O)C1)N1CCC(CSc2ccccc2)C1.I. The number of likely N-dealkylation sites (tertiary alicyclic amines) is 1. The van der Waals surface area contributed by atoms with Crippen LogP contribution in [-0.2, 0) is 9.84 Å². The van der Waals surface area contributed by atoms with Crippen LogP contribution >= 0.6 is 35.7 Å². The van der Waals surface area contributed by atoms with Gasteiger partial charge in [-0.25, -0.2) is 8.42 Å². The molecule has 2 heterocycles. The molecule has 1 N–H and O–H groups in total. The zero-order chi connectivity index (χ0) is 18.4. The van der Waals surface area contributed by atoms with E-state index in [1.54, 1.807) is 0 Å². The highest BCUT2D eigenvalue weighted by Gasteiger charge is 2.29. The van der Waals surface area contributed by atoms with E-state index in [0.717, 1.165) is 37.8 Å². The lowest BCUT2D eigenvalue weighted by Crippen LogP contribution is -2.40. The van der Waals surface area contributed by atoms with E-state index < -0.39 is 9.84 Å². The lowest BCUT2D eigenvalue weighted by atomic mass is 10.1. The first-order valence-electron chi connectivity index (χ1n) is 9.47. The maximum absolute atomic E-state index is 11.6. The van der Waals surface area contributed by atoms with Crippen LogP contribution in [0.1, 0.15) is 19.8 Å². The molecule has 2 unspecified atom stereocenters. The standard InChI is InChI=1S/C19H29N3O2S2.HI/c1-2-20-19(21-12-16-9-11-26(23,24)15-16)22-10-8-17(13-22)14-25-18-6-4-3-5-7-18;/h3-7,16-17H,2,8-15H2,1H3,(H,20,21);1H. The van der Waals surface area contributed by atoms with Gasteiger partial charge in [-0.05, 0) is 43.7 Å². The van der Waals surface area contributed by atoms with Crippen LogP contribution in [-0.4, -0.2) is 62.7 Å². The Kier molecular flexibility index (Phi) is 9.21. The minimum atomic E-state index is -2.82. The van der Waals surface area contributed by atoms with Crippen LogP contribution in [0.4, 0.5) is 0 Å².